The smallest absolute Gasteiger partial charge is 0.220 e. The molecule has 82 valence electrons. The van der Waals surface area contributed by atoms with Gasteiger partial charge in [-0.3, -0.25) is 4.79 Å². The van der Waals surface area contributed by atoms with Crippen LogP contribution in [0.4, 0.5) is 0 Å². The lowest BCUT2D eigenvalue weighted by Gasteiger charge is -2.10. The highest BCUT2D eigenvalue weighted by Gasteiger charge is 2.42. The Kier molecular flexibility index (Phi) is 3.36. The second-order valence-electron chi connectivity index (χ2n) is 4.19. The Morgan fingerprint density at radius 1 is 1.60 bits per heavy atom. The number of hydrogen-bond donors (Lipinski definition) is 2. The van der Waals surface area contributed by atoms with Crippen molar-refractivity contribution in [3.63, 3.8) is 0 Å². The van der Waals surface area contributed by atoms with Crippen LogP contribution >= 0.6 is 24.0 Å². The minimum absolute atomic E-state index is 0.162. The van der Waals surface area contributed by atoms with Gasteiger partial charge in [0.1, 0.15) is 0 Å². The molecule has 0 unspecified atom stereocenters. The summed E-state index contributed by atoms with van der Waals surface area (Å²) in [6.45, 7) is 0.666. The third kappa shape index (κ3) is 2.98. The zero-order valence-electron chi connectivity index (χ0n) is 8.53. The van der Waals surface area contributed by atoms with Crippen molar-refractivity contribution in [1.82, 2.24) is 5.32 Å². The van der Waals surface area contributed by atoms with Crippen LogP contribution in [0.15, 0.2) is 17.5 Å². The van der Waals surface area contributed by atoms with Crippen molar-refractivity contribution < 1.29 is 4.79 Å². The van der Waals surface area contributed by atoms with Gasteiger partial charge < -0.3 is 5.32 Å². The minimum atomic E-state index is 0.162. The van der Waals surface area contributed by atoms with E-state index in [1.54, 1.807) is 11.3 Å². The lowest BCUT2D eigenvalue weighted by molar-refractivity contribution is -0.122. The molecule has 1 aliphatic carbocycles. The van der Waals surface area contributed by atoms with Crippen molar-refractivity contribution in [3.8, 4) is 0 Å². The molecule has 1 N–H and O–H groups in total. The van der Waals surface area contributed by atoms with Crippen LogP contribution in [0.5, 0.6) is 0 Å². The number of thiol groups is 1. The Labute approximate surface area is 99.5 Å². The molecule has 1 aromatic heterocycles. The number of nitrogens with one attached hydrogen (secondary N) is 1. The molecule has 0 spiro atoms. The molecule has 1 amide bonds. The molecule has 0 saturated heterocycles. The maximum Gasteiger partial charge on any atom is 0.220 e. The van der Waals surface area contributed by atoms with Crippen LogP contribution in [-0.4, -0.2) is 11.7 Å². The maximum absolute atomic E-state index is 11.6. The molecule has 2 rings (SSSR count). The summed E-state index contributed by atoms with van der Waals surface area (Å²) in [5.74, 6) is 0.995. The van der Waals surface area contributed by atoms with Gasteiger partial charge in [0.05, 0.1) is 6.54 Å². The number of carbonyl (C=O) groups excluding carboxylic acids is 1. The van der Waals surface area contributed by atoms with Crippen LogP contribution in [0.25, 0.3) is 0 Å². The van der Waals surface area contributed by atoms with Gasteiger partial charge in [0.25, 0.3) is 0 Å². The average Bonchev–Trinajstić information content (AvgIpc) is 2.80. The molecule has 15 heavy (non-hydrogen) atoms. The lowest BCUT2D eigenvalue weighted by Crippen LogP contribution is -2.25. The third-order valence-electron chi connectivity index (χ3n) is 2.87. The van der Waals surface area contributed by atoms with Gasteiger partial charge >= 0.3 is 0 Å². The van der Waals surface area contributed by atoms with Crippen molar-refractivity contribution in [2.24, 2.45) is 5.41 Å². The van der Waals surface area contributed by atoms with Gasteiger partial charge in [0.2, 0.25) is 5.91 Å². The monoisotopic (exact) mass is 241 g/mol. The first kappa shape index (κ1) is 11.0. The van der Waals surface area contributed by atoms with Crippen LogP contribution in [0.3, 0.4) is 0 Å². The Balaban J connectivity index is 1.73. The highest BCUT2D eigenvalue weighted by Crippen LogP contribution is 2.49. The lowest BCUT2D eigenvalue weighted by atomic mass is 10.1. The van der Waals surface area contributed by atoms with E-state index in [1.807, 2.05) is 17.5 Å². The van der Waals surface area contributed by atoms with E-state index in [4.69, 9.17) is 0 Å². The molecule has 0 aliphatic heterocycles. The van der Waals surface area contributed by atoms with Crippen LogP contribution in [-0.2, 0) is 11.3 Å². The molecular weight excluding hydrogens is 226 g/mol. The topological polar surface area (TPSA) is 29.1 Å². The molecule has 0 atom stereocenters. The molecule has 1 aromatic rings. The predicted octanol–water partition coefficient (Wildman–Crippen LogP) is 2.46. The van der Waals surface area contributed by atoms with E-state index in [9.17, 15) is 4.79 Å². The van der Waals surface area contributed by atoms with Gasteiger partial charge in [-0.25, -0.2) is 0 Å². The Morgan fingerprint density at radius 2 is 2.40 bits per heavy atom. The highest BCUT2D eigenvalue weighted by atomic mass is 32.1. The summed E-state index contributed by atoms with van der Waals surface area (Å²) >= 11 is 5.96. The summed E-state index contributed by atoms with van der Waals surface area (Å²) in [5, 5.41) is 4.98. The van der Waals surface area contributed by atoms with Crippen molar-refractivity contribution in [1.29, 1.82) is 0 Å². The fourth-order valence-electron chi connectivity index (χ4n) is 1.57. The van der Waals surface area contributed by atoms with E-state index in [2.05, 4.69) is 17.9 Å². The molecule has 1 heterocycles. The Bertz CT molecular complexity index is 330. The number of rotatable bonds is 5. The summed E-state index contributed by atoms with van der Waals surface area (Å²) < 4.78 is 0. The second-order valence-corrected chi connectivity index (χ2v) is 5.54. The Morgan fingerprint density at radius 3 is 2.93 bits per heavy atom. The summed E-state index contributed by atoms with van der Waals surface area (Å²) in [5.41, 5.74) is 0.225. The van der Waals surface area contributed by atoms with Crippen molar-refractivity contribution >= 4 is 29.9 Å². The van der Waals surface area contributed by atoms with Crippen LogP contribution in [0.2, 0.25) is 0 Å². The molecule has 1 aliphatic rings. The molecule has 4 heteroatoms. The molecule has 0 radical (unpaired) electrons. The molecular formula is C11H15NOS2. The highest BCUT2D eigenvalue weighted by molar-refractivity contribution is 7.80. The predicted molar refractivity (Wildman–Crippen MR) is 66.3 cm³/mol. The zero-order chi connectivity index (χ0) is 10.7. The van der Waals surface area contributed by atoms with Gasteiger partial charge in [-0.2, -0.15) is 12.6 Å². The first-order chi connectivity index (χ1) is 7.24. The van der Waals surface area contributed by atoms with E-state index < -0.39 is 0 Å². The van der Waals surface area contributed by atoms with Gasteiger partial charge in [0, 0.05) is 11.3 Å². The summed E-state index contributed by atoms with van der Waals surface area (Å²) in [4.78, 5) is 12.8. The number of carbonyl (C=O) groups is 1. The standard InChI is InChI=1S/C11H15NOS2/c13-10(6-11(8-14)3-4-11)12-7-9-2-1-5-15-9/h1-2,5,14H,3-4,6-8H2,(H,12,13). The third-order valence-corrected chi connectivity index (χ3v) is 4.42. The zero-order valence-corrected chi connectivity index (χ0v) is 10.2. The van der Waals surface area contributed by atoms with Crippen LogP contribution in [0.1, 0.15) is 24.1 Å². The summed E-state index contributed by atoms with van der Waals surface area (Å²) in [6, 6.07) is 4.04. The minimum Gasteiger partial charge on any atom is -0.351 e. The van der Waals surface area contributed by atoms with Crippen molar-refractivity contribution in [2.45, 2.75) is 25.8 Å². The summed E-state index contributed by atoms with van der Waals surface area (Å²) in [6.07, 6.45) is 2.95. The van der Waals surface area contributed by atoms with E-state index in [1.165, 1.54) is 4.88 Å². The van der Waals surface area contributed by atoms with Crippen LogP contribution < -0.4 is 5.32 Å². The van der Waals surface area contributed by atoms with Gasteiger partial charge in [-0.15, -0.1) is 11.3 Å². The number of hydrogen-bond acceptors (Lipinski definition) is 3. The first-order valence-electron chi connectivity index (χ1n) is 5.14. The van der Waals surface area contributed by atoms with E-state index in [-0.39, 0.29) is 11.3 Å². The average molecular weight is 241 g/mol. The molecule has 0 aromatic carbocycles. The largest absolute Gasteiger partial charge is 0.351 e. The second kappa shape index (κ2) is 4.58. The molecule has 1 fully saturated rings. The SMILES string of the molecule is O=C(CC1(CS)CC1)NCc1cccs1. The molecule has 0 bridgehead atoms. The number of amides is 1. The van der Waals surface area contributed by atoms with Crippen molar-refractivity contribution in [2.75, 3.05) is 5.75 Å². The fourth-order valence-corrected chi connectivity index (χ4v) is 2.64. The quantitative estimate of drug-likeness (QED) is 0.762. The van der Waals surface area contributed by atoms with E-state index >= 15 is 0 Å². The van der Waals surface area contributed by atoms with Gasteiger partial charge in [-0.1, -0.05) is 6.07 Å². The van der Waals surface area contributed by atoms with Crippen LogP contribution in [0, 0.1) is 5.41 Å². The number of thiophene rings is 1. The Hall–Kier alpha value is -0.480. The van der Waals surface area contributed by atoms with E-state index in [0.717, 1.165) is 18.6 Å². The normalized spacial score (nSPS) is 17.4. The molecule has 1 saturated carbocycles. The maximum atomic E-state index is 11.6. The van der Waals surface area contributed by atoms with Gasteiger partial charge in [-0.05, 0) is 35.5 Å². The van der Waals surface area contributed by atoms with Gasteiger partial charge in [0.15, 0.2) is 0 Å². The van der Waals surface area contributed by atoms with E-state index in [0.29, 0.717) is 13.0 Å². The summed E-state index contributed by atoms with van der Waals surface area (Å²) in [7, 11) is 0. The molecule has 2 nitrogen and oxygen atoms in total. The van der Waals surface area contributed by atoms with Crippen molar-refractivity contribution in [3.05, 3.63) is 22.4 Å². The fraction of sp³-hybridized carbons (Fsp3) is 0.545. The first-order valence-corrected chi connectivity index (χ1v) is 6.65.